The minimum atomic E-state index is -5.24. The topological polar surface area (TPSA) is 57.6 Å². The van der Waals surface area contributed by atoms with E-state index in [1.165, 1.54) is 6.92 Å². The molecular formula is C22H16F9NO3. The van der Waals surface area contributed by atoms with Gasteiger partial charge in [-0.3, -0.25) is 9.69 Å². The van der Waals surface area contributed by atoms with E-state index in [1.807, 2.05) is 0 Å². The molecule has 1 aliphatic heterocycles. The summed E-state index contributed by atoms with van der Waals surface area (Å²) in [4.78, 5) is 25.8. The fourth-order valence-electron chi connectivity index (χ4n) is 4.09. The fourth-order valence-corrected chi connectivity index (χ4v) is 4.09. The Kier molecular flexibility index (Phi) is 6.59. The van der Waals surface area contributed by atoms with Gasteiger partial charge in [0.25, 0.3) is 0 Å². The summed E-state index contributed by atoms with van der Waals surface area (Å²) < 4.78 is 119. The highest BCUT2D eigenvalue weighted by Gasteiger charge is 2.43. The number of benzene rings is 2. The number of anilines is 1. The summed E-state index contributed by atoms with van der Waals surface area (Å²) in [6.45, 7) is 1.52. The van der Waals surface area contributed by atoms with Crippen LogP contribution in [0.15, 0.2) is 36.4 Å². The summed E-state index contributed by atoms with van der Waals surface area (Å²) in [5, 5.41) is 9.58. The molecule has 2 atom stereocenters. The van der Waals surface area contributed by atoms with E-state index < -0.39 is 76.6 Å². The molecule has 1 aliphatic rings. The highest BCUT2D eigenvalue weighted by Crippen LogP contribution is 2.45. The average Bonchev–Trinajstić information content (AvgIpc) is 2.74. The molecule has 4 nitrogen and oxygen atoms in total. The molecule has 0 fully saturated rings. The molecule has 1 heterocycles. The Labute approximate surface area is 191 Å². The lowest BCUT2D eigenvalue weighted by atomic mass is 9.79. The van der Waals surface area contributed by atoms with Gasteiger partial charge in [-0.2, -0.15) is 39.5 Å². The number of carbonyl (C=O) groups is 2. The number of halogens is 9. The van der Waals surface area contributed by atoms with E-state index in [0.29, 0.717) is 12.1 Å². The third-order valence-electron chi connectivity index (χ3n) is 5.73. The van der Waals surface area contributed by atoms with E-state index in [2.05, 4.69) is 0 Å². The Balaban J connectivity index is 2.23. The third kappa shape index (κ3) is 5.22. The monoisotopic (exact) mass is 513 g/mol. The molecule has 2 unspecified atom stereocenters. The average molecular weight is 513 g/mol. The lowest BCUT2D eigenvalue weighted by Gasteiger charge is -2.39. The van der Waals surface area contributed by atoms with Gasteiger partial charge in [0, 0.05) is 11.6 Å². The smallest absolute Gasteiger partial charge is 0.416 e. The Morgan fingerprint density at radius 2 is 1.37 bits per heavy atom. The zero-order chi connectivity index (χ0) is 26.5. The molecule has 2 aromatic carbocycles. The number of hydrogen-bond acceptors (Lipinski definition) is 2. The Hall–Kier alpha value is -3.25. The maximum atomic E-state index is 13.3. The predicted molar refractivity (Wildman–Crippen MR) is 104 cm³/mol. The van der Waals surface area contributed by atoms with Gasteiger partial charge in [-0.15, -0.1) is 0 Å². The summed E-state index contributed by atoms with van der Waals surface area (Å²) in [6.07, 6.45) is -17.3. The molecule has 1 amide bonds. The van der Waals surface area contributed by atoms with Crippen LogP contribution in [0.2, 0.25) is 0 Å². The first-order valence-corrected chi connectivity index (χ1v) is 10.0. The zero-order valence-electron chi connectivity index (χ0n) is 17.6. The molecular weight excluding hydrogens is 497 g/mol. The second-order valence-corrected chi connectivity index (χ2v) is 7.93. The van der Waals surface area contributed by atoms with Gasteiger partial charge < -0.3 is 5.11 Å². The van der Waals surface area contributed by atoms with Gasteiger partial charge in [0.2, 0.25) is 0 Å². The van der Waals surface area contributed by atoms with Crippen molar-refractivity contribution in [3.8, 4) is 0 Å². The molecule has 0 saturated heterocycles. The molecule has 35 heavy (non-hydrogen) atoms. The minimum absolute atomic E-state index is 0.0763. The molecule has 0 saturated carbocycles. The van der Waals surface area contributed by atoms with Crippen molar-refractivity contribution < 1.29 is 54.2 Å². The van der Waals surface area contributed by atoms with Crippen LogP contribution in [0.4, 0.5) is 50.0 Å². The van der Waals surface area contributed by atoms with Crippen molar-refractivity contribution in [1.82, 2.24) is 0 Å². The number of ketones is 1. The van der Waals surface area contributed by atoms with E-state index in [9.17, 15) is 54.2 Å². The van der Waals surface area contributed by atoms with Gasteiger partial charge >= 0.3 is 24.6 Å². The highest BCUT2D eigenvalue weighted by atomic mass is 19.4. The summed E-state index contributed by atoms with van der Waals surface area (Å²) in [7, 11) is 0. The maximum absolute atomic E-state index is 13.3. The number of Topliss-reactive ketones (excluding diaryl/α,β-unsaturated/α-hetero) is 1. The van der Waals surface area contributed by atoms with Gasteiger partial charge in [0.05, 0.1) is 28.3 Å². The Morgan fingerprint density at radius 1 is 0.857 bits per heavy atom. The van der Waals surface area contributed by atoms with Crippen LogP contribution in [-0.4, -0.2) is 23.0 Å². The number of hydrogen-bond donors (Lipinski definition) is 1. The first kappa shape index (κ1) is 26.4. The van der Waals surface area contributed by atoms with Gasteiger partial charge in [0.15, 0.2) is 5.78 Å². The van der Waals surface area contributed by atoms with E-state index in [0.717, 1.165) is 11.0 Å². The molecule has 3 rings (SSSR count). The van der Waals surface area contributed by atoms with Gasteiger partial charge in [-0.25, -0.2) is 4.79 Å². The normalized spacial score (nSPS) is 18.9. The van der Waals surface area contributed by atoms with Crippen molar-refractivity contribution in [3.05, 3.63) is 64.2 Å². The number of fused-ring (bicyclic) bond motifs is 1. The fraction of sp³-hybridized carbons (Fsp3) is 0.364. The van der Waals surface area contributed by atoms with Gasteiger partial charge in [-0.1, -0.05) is 6.92 Å². The van der Waals surface area contributed by atoms with Crippen molar-refractivity contribution in [2.24, 2.45) is 0 Å². The number of carbonyl (C=O) groups excluding carboxylic acids is 1. The molecule has 0 radical (unpaired) electrons. The number of amides is 1. The van der Waals surface area contributed by atoms with Crippen LogP contribution in [0, 0.1) is 0 Å². The first-order valence-electron chi connectivity index (χ1n) is 10.0. The molecule has 0 bridgehead atoms. The predicted octanol–water partition coefficient (Wildman–Crippen LogP) is 7.38. The van der Waals surface area contributed by atoms with Crippen molar-refractivity contribution >= 4 is 17.6 Å². The third-order valence-corrected chi connectivity index (χ3v) is 5.73. The second-order valence-electron chi connectivity index (χ2n) is 7.93. The second kappa shape index (κ2) is 8.76. The zero-order valence-corrected chi connectivity index (χ0v) is 17.6. The van der Waals surface area contributed by atoms with Crippen LogP contribution in [0.5, 0.6) is 0 Å². The molecule has 0 spiro atoms. The van der Waals surface area contributed by atoms with Crippen LogP contribution in [-0.2, 0) is 18.5 Å². The molecule has 13 heteroatoms. The van der Waals surface area contributed by atoms with Crippen LogP contribution in [0.1, 0.15) is 58.3 Å². The lowest BCUT2D eigenvalue weighted by molar-refractivity contribution is -0.143. The number of nitrogens with zero attached hydrogens (tertiary/aromatic N) is 1. The van der Waals surface area contributed by atoms with Crippen LogP contribution in [0.25, 0.3) is 0 Å². The lowest BCUT2D eigenvalue weighted by Crippen LogP contribution is -2.45. The highest BCUT2D eigenvalue weighted by molar-refractivity contribution is 6.04. The quantitative estimate of drug-likeness (QED) is 0.344. The standard InChI is InChI=1S/C22H16F9NO3/c1-2-14-9-16(15-8-11(20(23,24)25)3-4-17(15)32(14)19(34)35)18(33)10-5-12(21(26,27)28)7-13(6-10)22(29,30)31/h3-8,14,16H,2,9H2,1H3,(H,34,35). The van der Waals surface area contributed by atoms with E-state index in [1.54, 1.807) is 0 Å². The Morgan fingerprint density at radius 3 is 1.80 bits per heavy atom. The summed E-state index contributed by atoms with van der Waals surface area (Å²) in [6, 6.07) is 1.18. The molecule has 0 aliphatic carbocycles. The van der Waals surface area contributed by atoms with Gasteiger partial charge in [0.1, 0.15) is 0 Å². The van der Waals surface area contributed by atoms with E-state index in [-0.39, 0.29) is 30.3 Å². The molecule has 0 aromatic heterocycles. The number of alkyl halides is 9. The van der Waals surface area contributed by atoms with Crippen molar-refractivity contribution in [2.45, 2.75) is 50.3 Å². The molecule has 1 N–H and O–H groups in total. The summed E-state index contributed by atoms with van der Waals surface area (Å²) in [5.41, 5.74) is -6.52. The maximum Gasteiger partial charge on any atom is 0.416 e. The van der Waals surface area contributed by atoms with Crippen LogP contribution >= 0.6 is 0 Å². The van der Waals surface area contributed by atoms with Crippen molar-refractivity contribution in [1.29, 1.82) is 0 Å². The van der Waals surface area contributed by atoms with Crippen molar-refractivity contribution in [2.75, 3.05) is 4.90 Å². The first-order chi connectivity index (χ1) is 15.9. The number of rotatable bonds is 3. The number of carboxylic acid groups (broad SMARTS) is 1. The Bertz CT molecular complexity index is 1120. The SMILES string of the molecule is CCC1CC(C(=O)c2cc(C(F)(F)F)cc(C(F)(F)F)c2)c2cc(C(F)(F)F)ccc2N1C(=O)O. The molecule has 2 aromatic rings. The summed E-state index contributed by atoms with van der Waals surface area (Å²) in [5.74, 6) is -2.90. The van der Waals surface area contributed by atoms with E-state index >= 15 is 0 Å². The van der Waals surface area contributed by atoms with Crippen LogP contribution in [0.3, 0.4) is 0 Å². The van der Waals surface area contributed by atoms with E-state index in [4.69, 9.17) is 0 Å². The van der Waals surface area contributed by atoms with Crippen LogP contribution < -0.4 is 4.90 Å². The van der Waals surface area contributed by atoms with Gasteiger partial charge in [-0.05, 0) is 54.8 Å². The van der Waals surface area contributed by atoms with Crippen molar-refractivity contribution in [3.63, 3.8) is 0 Å². The molecule has 190 valence electrons. The largest absolute Gasteiger partial charge is 0.465 e. The summed E-state index contributed by atoms with van der Waals surface area (Å²) >= 11 is 0. The minimum Gasteiger partial charge on any atom is -0.465 e.